The molecule has 274 valence electrons. The minimum absolute atomic E-state index is 0.621. The number of benzene rings is 9. The Kier molecular flexibility index (Phi) is 6.66. The van der Waals surface area contributed by atoms with Crippen LogP contribution in [0.3, 0.4) is 0 Å². The van der Waals surface area contributed by atoms with Crippen LogP contribution in [0.1, 0.15) is 0 Å². The van der Waals surface area contributed by atoms with E-state index in [1.807, 2.05) is 6.07 Å². The third-order valence-corrected chi connectivity index (χ3v) is 12.1. The van der Waals surface area contributed by atoms with Crippen LogP contribution in [-0.4, -0.2) is 19.1 Å². The summed E-state index contributed by atoms with van der Waals surface area (Å²) in [6.07, 6.45) is 0. The van der Waals surface area contributed by atoms with E-state index in [0.29, 0.717) is 5.95 Å². The summed E-state index contributed by atoms with van der Waals surface area (Å²) < 4.78 is 11.5. The Balaban J connectivity index is 1.20. The van der Waals surface area contributed by atoms with Crippen molar-refractivity contribution >= 4 is 87.2 Å². The normalized spacial score (nSPS) is 12.1. The van der Waals surface area contributed by atoms with Crippen molar-refractivity contribution in [1.29, 1.82) is 0 Å². The average molecular weight is 753 g/mol. The lowest BCUT2D eigenvalue weighted by Crippen LogP contribution is -2.05. The van der Waals surface area contributed by atoms with Gasteiger partial charge in [-0.1, -0.05) is 152 Å². The highest BCUT2D eigenvalue weighted by atomic mass is 16.3. The first-order valence-electron chi connectivity index (χ1n) is 20.0. The van der Waals surface area contributed by atoms with Crippen molar-refractivity contribution in [1.82, 2.24) is 19.1 Å². The fraction of sp³-hybridized carbons (Fsp3) is 0. The van der Waals surface area contributed by atoms with Gasteiger partial charge < -0.3 is 8.98 Å². The molecule has 5 nitrogen and oxygen atoms in total. The monoisotopic (exact) mass is 752 g/mol. The summed E-state index contributed by atoms with van der Waals surface area (Å²) in [4.78, 5) is 11.0. The lowest BCUT2D eigenvalue weighted by atomic mass is 10.0. The zero-order valence-corrected chi connectivity index (χ0v) is 31.7. The van der Waals surface area contributed by atoms with Crippen LogP contribution in [0.5, 0.6) is 0 Å². The zero-order valence-electron chi connectivity index (χ0n) is 31.7. The molecule has 0 radical (unpaired) electrons. The van der Waals surface area contributed by atoms with E-state index in [-0.39, 0.29) is 0 Å². The van der Waals surface area contributed by atoms with Crippen LogP contribution in [-0.2, 0) is 0 Å². The number of aromatic nitrogens is 4. The van der Waals surface area contributed by atoms with E-state index in [1.54, 1.807) is 0 Å². The molecule has 59 heavy (non-hydrogen) atoms. The number of hydrogen-bond acceptors (Lipinski definition) is 3. The van der Waals surface area contributed by atoms with E-state index in [1.165, 1.54) is 11.1 Å². The van der Waals surface area contributed by atoms with Gasteiger partial charge in [0.15, 0.2) is 0 Å². The molecule has 0 aliphatic heterocycles. The van der Waals surface area contributed by atoms with Crippen molar-refractivity contribution in [2.75, 3.05) is 0 Å². The van der Waals surface area contributed by atoms with Crippen molar-refractivity contribution in [2.45, 2.75) is 0 Å². The molecule has 0 spiro atoms. The highest BCUT2D eigenvalue weighted by Gasteiger charge is 2.25. The van der Waals surface area contributed by atoms with Gasteiger partial charge in [-0.25, -0.2) is 9.97 Å². The molecule has 13 aromatic rings. The number of para-hydroxylation sites is 2. The number of furan rings is 1. The van der Waals surface area contributed by atoms with Crippen molar-refractivity contribution in [3.63, 3.8) is 0 Å². The maximum absolute atomic E-state index is 6.79. The number of hydrogen-bond donors (Lipinski definition) is 0. The molecule has 4 aromatic heterocycles. The second-order valence-corrected chi connectivity index (χ2v) is 15.3. The molecule has 0 saturated carbocycles. The van der Waals surface area contributed by atoms with Crippen molar-refractivity contribution in [3.05, 3.63) is 194 Å². The molecule has 13 rings (SSSR count). The maximum Gasteiger partial charge on any atom is 0.235 e. The van der Waals surface area contributed by atoms with Crippen LogP contribution in [0.25, 0.3) is 121 Å². The van der Waals surface area contributed by atoms with Gasteiger partial charge in [0.1, 0.15) is 11.2 Å². The Hall–Kier alpha value is -8.02. The van der Waals surface area contributed by atoms with Gasteiger partial charge in [0.25, 0.3) is 0 Å². The van der Waals surface area contributed by atoms with E-state index in [9.17, 15) is 0 Å². The van der Waals surface area contributed by atoms with Gasteiger partial charge in [-0.15, -0.1) is 0 Å². The van der Waals surface area contributed by atoms with Crippen LogP contribution >= 0.6 is 0 Å². The van der Waals surface area contributed by atoms with Gasteiger partial charge >= 0.3 is 0 Å². The van der Waals surface area contributed by atoms with Gasteiger partial charge in [-0.05, 0) is 64.4 Å². The van der Waals surface area contributed by atoms with Crippen molar-refractivity contribution in [3.8, 4) is 34.0 Å². The molecule has 0 aliphatic carbocycles. The summed E-state index contributed by atoms with van der Waals surface area (Å²) in [6, 6.07) is 68.8. The lowest BCUT2D eigenvalue weighted by molar-refractivity contribution is 0.673. The molecular weight excluding hydrogens is 721 g/mol. The van der Waals surface area contributed by atoms with Crippen LogP contribution in [0.2, 0.25) is 0 Å². The third kappa shape index (κ3) is 4.61. The first-order valence-corrected chi connectivity index (χ1v) is 20.0. The smallest absolute Gasteiger partial charge is 0.235 e. The Labute approximate surface area is 337 Å². The third-order valence-electron chi connectivity index (χ3n) is 12.1. The van der Waals surface area contributed by atoms with E-state index in [2.05, 4.69) is 197 Å². The van der Waals surface area contributed by atoms with Crippen molar-refractivity contribution in [2.24, 2.45) is 0 Å². The summed E-state index contributed by atoms with van der Waals surface area (Å²) in [5.74, 6) is 0.621. The minimum atomic E-state index is 0.621. The topological polar surface area (TPSA) is 48.8 Å². The molecule has 0 aliphatic rings. The molecule has 0 atom stereocenters. The highest BCUT2D eigenvalue weighted by Crippen LogP contribution is 2.45. The molecule has 0 bridgehead atoms. The Morgan fingerprint density at radius 1 is 0.373 bits per heavy atom. The summed E-state index contributed by atoms with van der Waals surface area (Å²) >= 11 is 0. The molecular formula is C54H32N4O. The van der Waals surface area contributed by atoms with Crippen LogP contribution < -0.4 is 0 Å². The molecule has 0 saturated heterocycles. The van der Waals surface area contributed by atoms with Gasteiger partial charge in [0.05, 0.1) is 38.7 Å². The predicted octanol–water partition coefficient (Wildman–Crippen LogP) is 14.2. The Morgan fingerprint density at radius 2 is 1.02 bits per heavy atom. The predicted molar refractivity (Wildman–Crippen MR) is 244 cm³/mol. The average Bonchev–Trinajstić information content (AvgIpc) is 3.97. The zero-order chi connectivity index (χ0) is 38.6. The lowest BCUT2D eigenvalue weighted by Gasteiger charge is -2.15. The molecule has 0 N–H and O–H groups in total. The van der Waals surface area contributed by atoms with Crippen LogP contribution in [0, 0.1) is 0 Å². The minimum Gasteiger partial charge on any atom is -0.455 e. The fourth-order valence-corrected chi connectivity index (χ4v) is 9.52. The summed E-state index contributed by atoms with van der Waals surface area (Å²) in [5, 5.41) is 9.99. The highest BCUT2D eigenvalue weighted by molar-refractivity contribution is 6.29. The van der Waals surface area contributed by atoms with Crippen LogP contribution in [0.15, 0.2) is 199 Å². The first kappa shape index (κ1) is 32.1. The second-order valence-electron chi connectivity index (χ2n) is 15.3. The van der Waals surface area contributed by atoms with E-state index in [0.717, 1.165) is 104 Å². The fourth-order valence-electron chi connectivity index (χ4n) is 9.52. The molecule has 5 heteroatoms. The SMILES string of the molecule is c1ccc(-c2ccc(-n3c4ccc5c6ccccc6oc5c4c4ccc5c6ccccc6n(-c6nc(-c7ccccc7)c7c(ccc8ccccc87)n6)c5c43)cc2)cc1. The largest absolute Gasteiger partial charge is 0.455 e. The molecule has 0 amide bonds. The van der Waals surface area contributed by atoms with E-state index < -0.39 is 0 Å². The maximum atomic E-state index is 6.79. The van der Waals surface area contributed by atoms with Gasteiger partial charge in [0, 0.05) is 43.6 Å². The Bertz CT molecular complexity index is 3820. The van der Waals surface area contributed by atoms with Crippen molar-refractivity contribution < 1.29 is 4.42 Å². The molecule has 9 aromatic carbocycles. The molecule has 0 unspecified atom stereocenters. The summed E-state index contributed by atoms with van der Waals surface area (Å²) in [5.41, 5.74) is 12.2. The van der Waals surface area contributed by atoms with Gasteiger partial charge in [0.2, 0.25) is 5.95 Å². The number of fused-ring (bicyclic) bond motifs is 14. The summed E-state index contributed by atoms with van der Waals surface area (Å²) in [6.45, 7) is 0. The summed E-state index contributed by atoms with van der Waals surface area (Å²) in [7, 11) is 0. The van der Waals surface area contributed by atoms with Gasteiger partial charge in [-0.2, -0.15) is 0 Å². The number of rotatable bonds is 4. The van der Waals surface area contributed by atoms with E-state index >= 15 is 0 Å². The standard InChI is InChI=1S/C54H32N4O/c1-3-13-33(14-4-1)34-23-26-37(27-24-34)57-46-32-30-42-40-20-10-12-22-47(40)59-53(42)49(46)43-29-28-41-39-19-9-11-21-45(39)58(51(41)52(43)57)54-55-44-31-25-35-15-7-8-18-38(35)48(44)50(56-54)36-16-5-2-6-17-36/h1-32H. The number of nitrogens with zero attached hydrogens (tertiary/aromatic N) is 4. The molecule has 0 fully saturated rings. The van der Waals surface area contributed by atoms with E-state index in [4.69, 9.17) is 14.4 Å². The molecule has 4 heterocycles. The first-order chi connectivity index (χ1) is 29.3. The quantitative estimate of drug-likeness (QED) is 0.168. The Morgan fingerprint density at radius 3 is 1.85 bits per heavy atom. The van der Waals surface area contributed by atoms with Gasteiger partial charge in [-0.3, -0.25) is 4.57 Å². The van der Waals surface area contributed by atoms with Crippen LogP contribution in [0.4, 0.5) is 0 Å². The second kappa shape index (κ2) is 12.2.